The minimum absolute atomic E-state index is 0.306. The minimum Gasteiger partial charge on any atom is -0.367 e. The third-order valence-corrected chi connectivity index (χ3v) is 2.86. The average Bonchev–Trinajstić information content (AvgIpc) is 2.80. The van der Waals surface area contributed by atoms with Gasteiger partial charge >= 0.3 is 0 Å². The van der Waals surface area contributed by atoms with E-state index in [9.17, 15) is 0 Å². The summed E-state index contributed by atoms with van der Waals surface area (Å²) < 4.78 is 0. The van der Waals surface area contributed by atoms with E-state index in [1.165, 1.54) is 6.42 Å². The van der Waals surface area contributed by atoms with Crippen LogP contribution in [0.25, 0.3) is 0 Å². The van der Waals surface area contributed by atoms with Crippen molar-refractivity contribution in [2.24, 2.45) is 5.92 Å². The van der Waals surface area contributed by atoms with E-state index in [0.29, 0.717) is 17.1 Å². The first kappa shape index (κ1) is 10.7. The standard InChI is InChI=1S/C11H16ClN3/c1-6(2)11-14-9(12)5-10(15-11)13-8-4-7(8)3/h5-8H,4H2,1-3H3,(H,13,14,15). The maximum absolute atomic E-state index is 5.94. The smallest absolute Gasteiger partial charge is 0.135 e. The van der Waals surface area contributed by atoms with Gasteiger partial charge in [0.25, 0.3) is 0 Å². The van der Waals surface area contributed by atoms with Crippen LogP contribution in [-0.4, -0.2) is 16.0 Å². The van der Waals surface area contributed by atoms with Gasteiger partial charge in [-0.25, -0.2) is 9.97 Å². The molecule has 1 aromatic rings. The van der Waals surface area contributed by atoms with Crippen molar-refractivity contribution < 1.29 is 0 Å². The number of nitrogens with one attached hydrogen (secondary N) is 1. The topological polar surface area (TPSA) is 37.8 Å². The van der Waals surface area contributed by atoms with Gasteiger partial charge in [0.2, 0.25) is 0 Å². The molecule has 82 valence electrons. The summed E-state index contributed by atoms with van der Waals surface area (Å²) in [4.78, 5) is 8.64. The zero-order valence-electron chi connectivity index (χ0n) is 9.29. The highest BCUT2D eigenvalue weighted by molar-refractivity contribution is 6.29. The first-order valence-corrected chi connectivity index (χ1v) is 5.75. The summed E-state index contributed by atoms with van der Waals surface area (Å²) in [5.41, 5.74) is 0. The van der Waals surface area contributed by atoms with Gasteiger partial charge in [-0.2, -0.15) is 0 Å². The molecule has 2 atom stereocenters. The Hall–Kier alpha value is -0.830. The summed E-state index contributed by atoms with van der Waals surface area (Å²) in [6, 6.07) is 2.36. The molecule has 0 bridgehead atoms. The predicted octanol–water partition coefficient (Wildman–Crippen LogP) is 3.07. The summed E-state index contributed by atoms with van der Waals surface area (Å²) in [6.45, 7) is 6.36. The van der Waals surface area contributed by atoms with E-state index in [2.05, 4.69) is 36.1 Å². The molecule has 0 aliphatic heterocycles. The third kappa shape index (κ3) is 2.59. The van der Waals surface area contributed by atoms with Gasteiger partial charge in [0.15, 0.2) is 0 Å². The number of rotatable bonds is 3. The van der Waals surface area contributed by atoms with Gasteiger partial charge in [0.1, 0.15) is 16.8 Å². The van der Waals surface area contributed by atoms with Crippen LogP contribution in [0.1, 0.15) is 38.9 Å². The van der Waals surface area contributed by atoms with Gasteiger partial charge in [-0.3, -0.25) is 0 Å². The summed E-state index contributed by atoms with van der Waals surface area (Å²) in [7, 11) is 0. The number of hydrogen-bond donors (Lipinski definition) is 1. The highest BCUT2D eigenvalue weighted by atomic mass is 35.5. The largest absolute Gasteiger partial charge is 0.367 e. The average molecular weight is 226 g/mol. The van der Waals surface area contributed by atoms with Crippen molar-refractivity contribution in [1.82, 2.24) is 9.97 Å². The van der Waals surface area contributed by atoms with Crippen LogP contribution >= 0.6 is 11.6 Å². The fraction of sp³-hybridized carbons (Fsp3) is 0.636. The van der Waals surface area contributed by atoms with Crippen LogP contribution in [0.15, 0.2) is 6.07 Å². The first-order chi connectivity index (χ1) is 7.06. The molecule has 1 N–H and O–H groups in total. The van der Waals surface area contributed by atoms with Gasteiger partial charge in [0.05, 0.1) is 0 Å². The molecule has 2 rings (SSSR count). The lowest BCUT2D eigenvalue weighted by atomic mass is 10.2. The van der Waals surface area contributed by atoms with Crippen LogP contribution in [0.2, 0.25) is 5.15 Å². The van der Waals surface area contributed by atoms with Gasteiger partial charge in [-0.05, 0) is 12.3 Å². The predicted molar refractivity (Wildman–Crippen MR) is 62.3 cm³/mol. The number of anilines is 1. The fourth-order valence-corrected chi connectivity index (χ4v) is 1.67. The monoisotopic (exact) mass is 225 g/mol. The van der Waals surface area contributed by atoms with Crippen molar-refractivity contribution in [2.75, 3.05) is 5.32 Å². The van der Waals surface area contributed by atoms with Gasteiger partial charge < -0.3 is 5.32 Å². The van der Waals surface area contributed by atoms with E-state index in [1.54, 1.807) is 6.07 Å². The van der Waals surface area contributed by atoms with Crippen LogP contribution < -0.4 is 5.32 Å². The summed E-state index contributed by atoms with van der Waals surface area (Å²) in [5, 5.41) is 3.88. The Morgan fingerprint density at radius 1 is 1.47 bits per heavy atom. The molecule has 1 heterocycles. The van der Waals surface area contributed by atoms with Crippen molar-refractivity contribution in [3.8, 4) is 0 Å². The number of aromatic nitrogens is 2. The number of halogens is 1. The normalized spacial score (nSPS) is 24.3. The molecule has 0 spiro atoms. The number of hydrogen-bond acceptors (Lipinski definition) is 3. The van der Waals surface area contributed by atoms with Crippen molar-refractivity contribution in [1.29, 1.82) is 0 Å². The fourth-order valence-electron chi connectivity index (χ4n) is 1.48. The number of nitrogens with zero attached hydrogens (tertiary/aromatic N) is 2. The van der Waals surface area contributed by atoms with Crippen molar-refractivity contribution in [2.45, 2.75) is 39.2 Å². The molecule has 4 heteroatoms. The molecule has 15 heavy (non-hydrogen) atoms. The zero-order valence-corrected chi connectivity index (χ0v) is 10.0. The molecule has 1 saturated carbocycles. The van der Waals surface area contributed by atoms with E-state index >= 15 is 0 Å². The third-order valence-electron chi connectivity index (χ3n) is 2.67. The maximum atomic E-state index is 5.94. The lowest BCUT2D eigenvalue weighted by Crippen LogP contribution is -2.08. The van der Waals surface area contributed by atoms with Crippen molar-refractivity contribution >= 4 is 17.4 Å². The highest BCUT2D eigenvalue weighted by Gasteiger charge is 2.32. The summed E-state index contributed by atoms with van der Waals surface area (Å²) >= 11 is 5.94. The maximum Gasteiger partial charge on any atom is 0.135 e. The van der Waals surface area contributed by atoms with Gasteiger partial charge in [-0.15, -0.1) is 0 Å². The first-order valence-electron chi connectivity index (χ1n) is 5.37. The molecule has 1 fully saturated rings. The Morgan fingerprint density at radius 2 is 2.13 bits per heavy atom. The molecular formula is C11H16ClN3. The SMILES string of the molecule is CC(C)c1nc(Cl)cc(NC2CC2C)n1. The zero-order chi connectivity index (χ0) is 11.0. The Kier molecular flexibility index (Phi) is 2.83. The van der Waals surface area contributed by atoms with Crippen molar-refractivity contribution in [3.05, 3.63) is 17.0 Å². The van der Waals surface area contributed by atoms with E-state index in [0.717, 1.165) is 17.6 Å². The van der Waals surface area contributed by atoms with Crippen LogP contribution in [0.3, 0.4) is 0 Å². The van der Waals surface area contributed by atoms with E-state index < -0.39 is 0 Å². The lowest BCUT2D eigenvalue weighted by molar-refractivity contribution is 0.773. The minimum atomic E-state index is 0.306. The Balaban J connectivity index is 2.16. The lowest BCUT2D eigenvalue weighted by Gasteiger charge is -2.08. The Morgan fingerprint density at radius 3 is 2.67 bits per heavy atom. The van der Waals surface area contributed by atoms with Gasteiger partial charge in [0, 0.05) is 18.0 Å². The van der Waals surface area contributed by atoms with Crippen LogP contribution in [0.4, 0.5) is 5.82 Å². The quantitative estimate of drug-likeness (QED) is 0.804. The molecule has 0 radical (unpaired) electrons. The molecule has 0 amide bonds. The van der Waals surface area contributed by atoms with Crippen LogP contribution in [0.5, 0.6) is 0 Å². The van der Waals surface area contributed by atoms with E-state index in [-0.39, 0.29) is 0 Å². The molecule has 1 aromatic heterocycles. The Labute approximate surface area is 95.3 Å². The molecule has 0 aromatic carbocycles. The van der Waals surface area contributed by atoms with Crippen LogP contribution in [0, 0.1) is 5.92 Å². The second-order valence-corrected chi connectivity index (χ2v) is 4.94. The Bertz CT molecular complexity index is 365. The molecule has 0 saturated heterocycles. The highest BCUT2D eigenvalue weighted by Crippen LogP contribution is 2.32. The summed E-state index contributed by atoms with van der Waals surface area (Å²) in [5.74, 6) is 2.72. The van der Waals surface area contributed by atoms with Crippen molar-refractivity contribution in [3.63, 3.8) is 0 Å². The van der Waals surface area contributed by atoms with Crippen LogP contribution in [-0.2, 0) is 0 Å². The molecule has 1 aliphatic rings. The molecule has 1 aliphatic carbocycles. The second-order valence-electron chi connectivity index (χ2n) is 4.55. The molecule has 3 nitrogen and oxygen atoms in total. The van der Waals surface area contributed by atoms with E-state index in [4.69, 9.17) is 11.6 Å². The van der Waals surface area contributed by atoms with Gasteiger partial charge in [-0.1, -0.05) is 32.4 Å². The summed E-state index contributed by atoms with van der Waals surface area (Å²) in [6.07, 6.45) is 1.22. The second kappa shape index (κ2) is 3.97. The molecule has 2 unspecified atom stereocenters. The molecular weight excluding hydrogens is 210 g/mol. The van der Waals surface area contributed by atoms with E-state index in [1.807, 2.05) is 0 Å².